The summed E-state index contributed by atoms with van der Waals surface area (Å²) in [6.45, 7) is 0.741. The Balaban J connectivity index is 2.16. The highest BCUT2D eigenvalue weighted by Crippen LogP contribution is 2.39. The van der Waals surface area contributed by atoms with Crippen molar-refractivity contribution >= 4 is 10.9 Å². The van der Waals surface area contributed by atoms with Crippen molar-refractivity contribution in [2.45, 2.75) is 5.92 Å². The van der Waals surface area contributed by atoms with Crippen molar-refractivity contribution in [2.24, 2.45) is 0 Å². The molecule has 1 atom stereocenters. The zero-order chi connectivity index (χ0) is 15.5. The average Bonchev–Trinajstić information content (AvgIpc) is 2.99. The number of para-hydroxylation sites is 2. The number of aromatic amines is 1. The van der Waals surface area contributed by atoms with E-state index in [2.05, 4.69) is 41.2 Å². The summed E-state index contributed by atoms with van der Waals surface area (Å²) in [5, 5.41) is 1.22. The Labute approximate surface area is 129 Å². The molecule has 0 bridgehead atoms. The molecule has 0 radical (unpaired) electrons. The third kappa shape index (κ3) is 2.31. The highest BCUT2D eigenvalue weighted by molar-refractivity contribution is 5.84. The zero-order valence-corrected chi connectivity index (χ0v) is 12.9. The number of ether oxygens (including phenoxy) is 2. The van der Waals surface area contributed by atoms with Gasteiger partial charge in [-0.3, -0.25) is 0 Å². The van der Waals surface area contributed by atoms with Crippen molar-refractivity contribution in [3.63, 3.8) is 0 Å². The summed E-state index contributed by atoms with van der Waals surface area (Å²) in [4.78, 5) is 3.34. The lowest BCUT2D eigenvalue weighted by Crippen LogP contribution is -2.53. The van der Waals surface area contributed by atoms with Crippen molar-refractivity contribution in [3.05, 3.63) is 59.8 Å². The number of quaternary nitrogens is 1. The largest absolute Gasteiger partial charge is 0.493 e. The molecule has 4 N–H and O–H groups in total. The number of nitrogens with one attached hydrogen (secondary N) is 1. The maximum atomic E-state index is 5.60. The van der Waals surface area contributed by atoms with Gasteiger partial charge in [0.2, 0.25) is 0 Å². The highest BCUT2D eigenvalue weighted by Gasteiger charge is 2.23. The molecule has 1 aromatic heterocycles. The van der Waals surface area contributed by atoms with Gasteiger partial charge in [0.25, 0.3) is 0 Å². The molecule has 0 aliphatic rings. The Kier molecular flexibility index (Phi) is 4.02. The first-order valence-electron chi connectivity index (χ1n) is 7.36. The molecule has 114 valence electrons. The van der Waals surface area contributed by atoms with Gasteiger partial charge >= 0.3 is 0 Å². The number of hydrogen-bond acceptors (Lipinski definition) is 2. The second kappa shape index (κ2) is 6.12. The van der Waals surface area contributed by atoms with Gasteiger partial charge in [0, 0.05) is 22.7 Å². The molecule has 0 aliphatic heterocycles. The SMILES string of the molecule is COc1cccc([C@@H](C[NH3+])c2c[nH]c3ccccc23)c1OC. The molecule has 0 aliphatic carbocycles. The van der Waals surface area contributed by atoms with Gasteiger partial charge in [-0.25, -0.2) is 0 Å². The maximum Gasteiger partial charge on any atom is 0.164 e. The Morgan fingerprint density at radius 3 is 2.55 bits per heavy atom. The molecule has 22 heavy (non-hydrogen) atoms. The van der Waals surface area contributed by atoms with E-state index in [0.29, 0.717) is 0 Å². The van der Waals surface area contributed by atoms with E-state index in [1.54, 1.807) is 14.2 Å². The number of methoxy groups -OCH3 is 2. The lowest BCUT2D eigenvalue weighted by Gasteiger charge is -2.18. The lowest BCUT2D eigenvalue weighted by molar-refractivity contribution is -0.370. The molecule has 3 rings (SSSR count). The van der Waals surface area contributed by atoms with E-state index in [1.807, 2.05) is 18.2 Å². The second-order valence-electron chi connectivity index (χ2n) is 5.21. The number of aromatic nitrogens is 1. The summed E-state index contributed by atoms with van der Waals surface area (Å²) in [5.74, 6) is 1.68. The van der Waals surface area contributed by atoms with E-state index in [0.717, 1.165) is 29.1 Å². The van der Waals surface area contributed by atoms with E-state index < -0.39 is 0 Å². The van der Waals surface area contributed by atoms with E-state index in [1.165, 1.54) is 10.9 Å². The third-order valence-corrected chi connectivity index (χ3v) is 4.09. The number of H-pyrrole nitrogens is 1. The molecule has 2 aromatic carbocycles. The van der Waals surface area contributed by atoms with Crippen LogP contribution in [0.15, 0.2) is 48.7 Å². The van der Waals surface area contributed by atoms with Crippen molar-refractivity contribution in [3.8, 4) is 11.5 Å². The van der Waals surface area contributed by atoms with Crippen molar-refractivity contribution in [1.29, 1.82) is 0 Å². The molecule has 0 amide bonds. The molecule has 0 unspecified atom stereocenters. The van der Waals surface area contributed by atoms with Crippen LogP contribution in [-0.4, -0.2) is 25.7 Å². The van der Waals surface area contributed by atoms with Crippen LogP contribution < -0.4 is 15.2 Å². The van der Waals surface area contributed by atoms with Crippen LogP contribution >= 0.6 is 0 Å². The van der Waals surface area contributed by atoms with Gasteiger partial charge in [-0.2, -0.15) is 0 Å². The van der Waals surface area contributed by atoms with Gasteiger partial charge in [-0.1, -0.05) is 30.3 Å². The number of fused-ring (bicyclic) bond motifs is 1. The smallest absolute Gasteiger partial charge is 0.164 e. The molecule has 4 heteroatoms. The van der Waals surface area contributed by atoms with Gasteiger partial charge in [0.1, 0.15) is 0 Å². The maximum absolute atomic E-state index is 5.60. The first-order chi connectivity index (χ1) is 10.8. The molecule has 3 aromatic rings. The Bertz CT molecular complexity index is 780. The van der Waals surface area contributed by atoms with Gasteiger partial charge in [-0.15, -0.1) is 0 Å². The predicted molar refractivity (Wildman–Crippen MR) is 87.4 cm³/mol. The average molecular weight is 297 g/mol. The van der Waals surface area contributed by atoms with E-state index in [9.17, 15) is 0 Å². The second-order valence-corrected chi connectivity index (χ2v) is 5.21. The van der Waals surface area contributed by atoms with E-state index in [-0.39, 0.29) is 5.92 Å². The minimum Gasteiger partial charge on any atom is -0.493 e. The standard InChI is InChI=1S/C18H20N2O2/c1-21-17-9-5-7-13(18(17)22-2)14(10-19)15-11-20-16-8-4-3-6-12(15)16/h3-9,11,14,20H,10,19H2,1-2H3/p+1/t14-/m1/s1. The summed E-state index contributed by atoms with van der Waals surface area (Å²) < 4.78 is 11.0. The molecule has 0 fully saturated rings. The van der Waals surface area contributed by atoms with Crippen LogP contribution in [0.25, 0.3) is 10.9 Å². The molecule has 4 nitrogen and oxygen atoms in total. The third-order valence-electron chi connectivity index (χ3n) is 4.09. The first kappa shape index (κ1) is 14.5. The summed E-state index contributed by atoms with van der Waals surface area (Å²) in [6, 6.07) is 14.3. The summed E-state index contributed by atoms with van der Waals surface area (Å²) >= 11 is 0. The first-order valence-corrected chi connectivity index (χ1v) is 7.36. The Hall–Kier alpha value is -2.46. The fourth-order valence-electron chi connectivity index (χ4n) is 3.05. The van der Waals surface area contributed by atoms with Crippen LogP contribution in [0.4, 0.5) is 0 Å². The zero-order valence-electron chi connectivity index (χ0n) is 12.9. The van der Waals surface area contributed by atoms with Crippen LogP contribution in [0, 0.1) is 0 Å². The number of rotatable bonds is 5. The number of hydrogen-bond donors (Lipinski definition) is 2. The van der Waals surface area contributed by atoms with Crippen LogP contribution in [0.1, 0.15) is 17.0 Å². The van der Waals surface area contributed by atoms with E-state index >= 15 is 0 Å². The van der Waals surface area contributed by atoms with Crippen molar-refractivity contribution in [1.82, 2.24) is 4.98 Å². The molecule has 0 spiro atoms. The quantitative estimate of drug-likeness (QED) is 0.760. The van der Waals surface area contributed by atoms with Crippen LogP contribution in [0.3, 0.4) is 0 Å². The fourth-order valence-corrected chi connectivity index (χ4v) is 3.05. The monoisotopic (exact) mass is 297 g/mol. The Morgan fingerprint density at radius 2 is 1.82 bits per heavy atom. The number of benzene rings is 2. The van der Waals surface area contributed by atoms with Crippen molar-refractivity contribution in [2.75, 3.05) is 20.8 Å². The van der Waals surface area contributed by atoms with Crippen LogP contribution in [-0.2, 0) is 0 Å². The molecule has 1 heterocycles. The summed E-state index contributed by atoms with van der Waals surface area (Å²) in [5.41, 5.74) is 7.61. The van der Waals surface area contributed by atoms with Gasteiger partial charge in [0.05, 0.1) is 26.7 Å². The predicted octanol–water partition coefficient (Wildman–Crippen LogP) is 2.56. The summed E-state index contributed by atoms with van der Waals surface area (Å²) in [6.07, 6.45) is 2.07. The summed E-state index contributed by atoms with van der Waals surface area (Å²) in [7, 11) is 3.34. The van der Waals surface area contributed by atoms with Gasteiger partial charge in [0.15, 0.2) is 11.5 Å². The molecule has 0 saturated heterocycles. The normalized spacial score (nSPS) is 12.3. The molecule has 0 saturated carbocycles. The lowest BCUT2D eigenvalue weighted by atomic mass is 9.90. The highest BCUT2D eigenvalue weighted by atomic mass is 16.5. The van der Waals surface area contributed by atoms with Crippen LogP contribution in [0.2, 0.25) is 0 Å². The van der Waals surface area contributed by atoms with Gasteiger partial charge in [-0.05, 0) is 17.7 Å². The Morgan fingerprint density at radius 1 is 1.00 bits per heavy atom. The van der Waals surface area contributed by atoms with Crippen LogP contribution in [0.5, 0.6) is 11.5 Å². The van der Waals surface area contributed by atoms with Crippen molar-refractivity contribution < 1.29 is 15.2 Å². The topological polar surface area (TPSA) is 61.9 Å². The minimum atomic E-state index is 0.154. The molecular formula is C18H21N2O2+. The fraction of sp³-hybridized carbons (Fsp3) is 0.222. The van der Waals surface area contributed by atoms with E-state index in [4.69, 9.17) is 9.47 Å². The van der Waals surface area contributed by atoms with Gasteiger partial charge < -0.3 is 20.2 Å². The molecular weight excluding hydrogens is 276 g/mol. The minimum absolute atomic E-state index is 0.154.